The molecule has 14 heavy (non-hydrogen) atoms. The number of rotatable bonds is 3. The lowest BCUT2D eigenvalue weighted by Crippen LogP contribution is -2.00. The third-order valence-electron chi connectivity index (χ3n) is 1.98. The zero-order valence-corrected chi connectivity index (χ0v) is 7.90. The van der Waals surface area contributed by atoms with Crippen LogP contribution < -0.4 is 5.32 Å². The van der Waals surface area contributed by atoms with Crippen molar-refractivity contribution in [2.75, 3.05) is 5.32 Å². The minimum atomic E-state index is 0.638. The molecule has 2 rings (SSSR count). The predicted octanol–water partition coefficient (Wildman–Crippen LogP) is 1.99. The molecule has 2 aromatic rings. The molecule has 1 aromatic carbocycles. The number of hydrogen-bond acceptors (Lipinski definition) is 4. The van der Waals surface area contributed by atoms with Gasteiger partial charge in [-0.15, -0.1) is 0 Å². The molecule has 4 nitrogen and oxygen atoms in total. The van der Waals surface area contributed by atoms with E-state index < -0.39 is 0 Å². The van der Waals surface area contributed by atoms with Gasteiger partial charge in [-0.1, -0.05) is 28.5 Å². The number of hydrogen-bond donors (Lipinski definition) is 1. The van der Waals surface area contributed by atoms with E-state index in [1.165, 1.54) is 0 Å². The zero-order valence-electron chi connectivity index (χ0n) is 7.90. The average molecular weight is 189 g/mol. The van der Waals surface area contributed by atoms with E-state index in [0.29, 0.717) is 6.54 Å². The highest BCUT2D eigenvalue weighted by Gasteiger charge is 2.03. The summed E-state index contributed by atoms with van der Waals surface area (Å²) in [4.78, 5) is 0. The third-order valence-corrected chi connectivity index (χ3v) is 1.98. The van der Waals surface area contributed by atoms with Crippen molar-refractivity contribution < 1.29 is 4.63 Å². The monoisotopic (exact) mass is 189 g/mol. The van der Waals surface area contributed by atoms with E-state index in [0.717, 1.165) is 17.1 Å². The van der Waals surface area contributed by atoms with Gasteiger partial charge in [0.15, 0.2) is 0 Å². The average Bonchev–Trinajstić information content (AvgIpc) is 2.63. The van der Waals surface area contributed by atoms with Crippen LogP contribution in [0.5, 0.6) is 0 Å². The summed E-state index contributed by atoms with van der Waals surface area (Å²) in [5.74, 6) is 0. The Kier molecular flexibility index (Phi) is 2.44. The number of para-hydroxylation sites is 1. The highest BCUT2D eigenvalue weighted by molar-refractivity contribution is 5.42. The largest absolute Gasteiger partial charge is 0.379 e. The lowest BCUT2D eigenvalue weighted by atomic mass is 10.3. The molecular weight excluding hydrogens is 178 g/mol. The van der Waals surface area contributed by atoms with Crippen LogP contribution in [-0.2, 0) is 6.54 Å². The lowest BCUT2D eigenvalue weighted by molar-refractivity contribution is 0.301. The molecule has 72 valence electrons. The van der Waals surface area contributed by atoms with Gasteiger partial charge in [-0.05, 0) is 19.1 Å². The highest BCUT2D eigenvalue weighted by Crippen LogP contribution is 2.08. The fraction of sp³-hybridized carbons (Fsp3) is 0.200. The van der Waals surface area contributed by atoms with Gasteiger partial charge in [0.1, 0.15) is 11.4 Å². The predicted molar refractivity (Wildman–Crippen MR) is 52.8 cm³/mol. The molecule has 0 unspecified atom stereocenters. The van der Waals surface area contributed by atoms with Crippen LogP contribution in [0, 0.1) is 6.92 Å². The second kappa shape index (κ2) is 3.91. The Bertz CT molecular complexity index is 397. The molecule has 1 heterocycles. The molecule has 0 fully saturated rings. The highest BCUT2D eigenvalue weighted by atomic mass is 16.6. The molecule has 0 aliphatic carbocycles. The molecule has 0 aliphatic rings. The first-order chi connectivity index (χ1) is 6.86. The minimum absolute atomic E-state index is 0.638. The molecule has 1 N–H and O–H groups in total. The van der Waals surface area contributed by atoms with Gasteiger partial charge >= 0.3 is 0 Å². The van der Waals surface area contributed by atoms with E-state index in [4.69, 9.17) is 0 Å². The van der Waals surface area contributed by atoms with Crippen molar-refractivity contribution in [1.82, 2.24) is 10.3 Å². The fourth-order valence-corrected chi connectivity index (χ4v) is 1.15. The Labute approximate surface area is 81.9 Å². The van der Waals surface area contributed by atoms with Crippen molar-refractivity contribution in [2.24, 2.45) is 0 Å². The lowest BCUT2D eigenvalue weighted by Gasteiger charge is -2.02. The summed E-state index contributed by atoms with van der Waals surface area (Å²) in [6.07, 6.45) is 0. The quantitative estimate of drug-likeness (QED) is 0.802. The van der Waals surface area contributed by atoms with Gasteiger partial charge in [-0.3, -0.25) is 0 Å². The molecule has 0 radical (unpaired) electrons. The van der Waals surface area contributed by atoms with Crippen LogP contribution in [0.25, 0.3) is 0 Å². The van der Waals surface area contributed by atoms with Gasteiger partial charge in [0.25, 0.3) is 0 Å². The Morgan fingerprint density at radius 1 is 1.21 bits per heavy atom. The van der Waals surface area contributed by atoms with Gasteiger partial charge in [-0.2, -0.15) is 0 Å². The molecule has 0 saturated carbocycles. The van der Waals surface area contributed by atoms with Crippen LogP contribution in [0.1, 0.15) is 11.4 Å². The fourth-order valence-electron chi connectivity index (χ4n) is 1.15. The van der Waals surface area contributed by atoms with Crippen LogP contribution in [0.15, 0.2) is 35.0 Å². The summed E-state index contributed by atoms with van der Waals surface area (Å²) in [7, 11) is 0. The summed E-state index contributed by atoms with van der Waals surface area (Å²) in [6, 6.07) is 9.95. The topological polar surface area (TPSA) is 51.0 Å². The number of aryl methyl sites for hydroxylation is 1. The van der Waals surface area contributed by atoms with Gasteiger partial charge in [0.2, 0.25) is 0 Å². The Morgan fingerprint density at radius 2 is 2.00 bits per heavy atom. The molecule has 0 saturated heterocycles. The van der Waals surface area contributed by atoms with Crippen LogP contribution in [0.2, 0.25) is 0 Å². The molecule has 0 atom stereocenters. The Hall–Kier alpha value is -1.84. The Morgan fingerprint density at radius 3 is 2.64 bits per heavy atom. The van der Waals surface area contributed by atoms with Crippen molar-refractivity contribution >= 4 is 5.69 Å². The number of aromatic nitrogens is 2. The molecule has 0 aliphatic heterocycles. The van der Waals surface area contributed by atoms with E-state index in [-0.39, 0.29) is 0 Å². The third kappa shape index (κ3) is 1.90. The van der Waals surface area contributed by atoms with Gasteiger partial charge < -0.3 is 5.32 Å². The maximum atomic E-state index is 4.59. The molecule has 0 spiro atoms. The summed E-state index contributed by atoms with van der Waals surface area (Å²) in [5, 5.41) is 10.7. The van der Waals surface area contributed by atoms with Crippen LogP contribution in [0.4, 0.5) is 5.69 Å². The summed E-state index contributed by atoms with van der Waals surface area (Å²) in [6.45, 7) is 2.51. The van der Waals surface area contributed by atoms with Crippen molar-refractivity contribution in [3.63, 3.8) is 0 Å². The summed E-state index contributed by atoms with van der Waals surface area (Å²) < 4.78 is 4.59. The summed E-state index contributed by atoms with van der Waals surface area (Å²) >= 11 is 0. The SMILES string of the molecule is Cc1nonc1CNc1ccccc1. The normalized spacial score (nSPS) is 10.1. The maximum Gasteiger partial charge on any atom is 0.127 e. The van der Waals surface area contributed by atoms with E-state index in [1.807, 2.05) is 37.3 Å². The first-order valence-corrected chi connectivity index (χ1v) is 4.43. The van der Waals surface area contributed by atoms with Crippen molar-refractivity contribution in [3.8, 4) is 0 Å². The van der Waals surface area contributed by atoms with Crippen molar-refractivity contribution in [2.45, 2.75) is 13.5 Å². The van der Waals surface area contributed by atoms with E-state index in [1.54, 1.807) is 0 Å². The van der Waals surface area contributed by atoms with Crippen LogP contribution >= 0.6 is 0 Å². The van der Waals surface area contributed by atoms with E-state index >= 15 is 0 Å². The Balaban J connectivity index is 1.99. The molecular formula is C10H11N3O. The number of anilines is 1. The van der Waals surface area contributed by atoms with Crippen molar-refractivity contribution in [3.05, 3.63) is 41.7 Å². The van der Waals surface area contributed by atoms with E-state index in [9.17, 15) is 0 Å². The van der Waals surface area contributed by atoms with Gasteiger partial charge in [-0.25, -0.2) is 4.63 Å². The number of nitrogens with zero attached hydrogens (tertiary/aromatic N) is 2. The van der Waals surface area contributed by atoms with Gasteiger partial charge in [0.05, 0.1) is 6.54 Å². The molecule has 0 bridgehead atoms. The minimum Gasteiger partial charge on any atom is -0.379 e. The summed E-state index contributed by atoms with van der Waals surface area (Å²) in [5.41, 5.74) is 2.73. The first kappa shape index (κ1) is 8.74. The molecule has 1 aromatic heterocycles. The number of benzene rings is 1. The second-order valence-corrected chi connectivity index (χ2v) is 3.02. The molecule has 4 heteroatoms. The van der Waals surface area contributed by atoms with Gasteiger partial charge in [0, 0.05) is 5.69 Å². The molecule has 0 amide bonds. The maximum absolute atomic E-state index is 4.59. The smallest absolute Gasteiger partial charge is 0.127 e. The standard InChI is InChI=1S/C10H11N3O/c1-8-10(13-14-12-8)7-11-9-5-3-2-4-6-9/h2-6,11H,7H2,1H3. The number of nitrogens with one attached hydrogen (secondary N) is 1. The van der Waals surface area contributed by atoms with Crippen LogP contribution in [0.3, 0.4) is 0 Å². The van der Waals surface area contributed by atoms with Crippen molar-refractivity contribution in [1.29, 1.82) is 0 Å². The zero-order chi connectivity index (χ0) is 9.80. The van der Waals surface area contributed by atoms with E-state index in [2.05, 4.69) is 20.3 Å². The second-order valence-electron chi connectivity index (χ2n) is 3.02. The van der Waals surface area contributed by atoms with Crippen LogP contribution in [-0.4, -0.2) is 10.3 Å². The first-order valence-electron chi connectivity index (χ1n) is 4.43.